The zero-order valence-corrected chi connectivity index (χ0v) is 25.9. The topological polar surface area (TPSA) is 139 Å². The summed E-state index contributed by atoms with van der Waals surface area (Å²) in [7, 11) is 0. The summed E-state index contributed by atoms with van der Waals surface area (Å²) in [4.78, 5) is 29.9. The van der Waals surface area contributed by atoms with E-state index in [1.54, 1.807) is 6.33 Å². The van der Waals surface area contributed by atoms with E-state index in [0.29, 0.717) is 11.9 Å². The van der Waals surface area contributed by atoms with Gasteiger partial charge in [-0.25, -0.2) is 9.97 Å². The summed E-state index contributed by atoms with van der Waals surface area (Å²) in [5.74, 6) is 0.0608. The van der Waals surface area contributed by atoms with Gasteiger partial charge in [-0.05, 0) is 76.9 Å². The largest absolute Gasteiger partial charge is 0.341 e. The number of aromatic amines is 1. The van der Waals surface area contributed by atoms with E-state index in [4.69, 9.17) is 9.62 Å². The second kappa shape index (κ2) is 11.0. The molecule has 1 fully saturated rings. The molecule has 1 atom stereocenters. The molecule has 1 aliphatic rings. The minimum atomic E-state index is -0.398. The zero-order chi connectivity index (χ0) is 30.5. The maximum Gasteiger partial charge on any atom is 0.315 e. The number of hydrogen-bond acceptors (Lipinski definition) is 8. The molecule has 224 valence electrons. The van der Waals surface area contributed by atoms with Crippen molar-refractivity contribution in [3.63, 3.8) is 0 Å². The first-order valence-corrected chi connectivity index (χ1v) is 14.9. The van der Waals surface area contributed by atoms with Crippen LogP contribution in [0.15, 0.2) is 35.1 Å². The van der Waals surface area contributed by atoms with Crippen LogP contribution in [0.3, 0.4) is 0 Å². The monoisotopic (exact) mass is 581 g/mol. The zero-order valence-electron chi connectivity index (χ0n) is 25.9. The summed E-state index contributed by atoms with van der Waals surface area (Å²) in [6.07, 6.45) is 3.76. The van der Waals surface area contributed by atoms with E-state index in [2.05, 4.69) is 66.4 Å². The molecule has 3 N–H and O–H groups in total. The molecule has 5 heterocycles. The highest BCUT2D eigenvalue weighted by Gasteiger charge is 2.26. The molecule has 4 aromatic heterocycles. The molecular weight excluding hydrogens is 542 g/mol. The van der Waals surface area contributed by atoms with Gasteiger partial charge in [0.25, 0.3) is 0 Å². The summed E-state index contributed by atoms with van der Waals surface area (Å²) in [5.41, 5.74) is 8.60. The maximum absolute atomic E-state index is 12.8. The molecule has 11 heteroatoms. The normalized spacial score (nSPS) is 15.2. The molecule has 0 spiro atoms. The molecule has 0 saturated carbocycles. The van der Waals surface area contributed by atoms with Crippen molar-refractivity contribution in [2.24, 2.45) is 0 Å². The summed E-state index contributed by atoms with van der Waals surface area (Å²) in [5, 5.41) is 16.3. The van der Waals surface area contributed by atoms with E-state index < -0.39 is 5.91 Å². The van der Waals surface area contributed by atoms with Gasteiger partial charge in [-0.3, -0.25) is 9.48 Å². The fourth-order valence-electron chi connectivity index (χ4n) is 6.03. The Morgan fingerprint density at radius 3 is 2.58 bits per heavy atom. The number of carbonyl (C=O) groups is 1. The van der Waals surface area contributed by atoms with Crippen LogP contribution < -0.4 is 10.6 Å². The molecule has 0 unspecified atom stereocenters. The lowest BCUT2D eigenvalue weighted by Gasteiger charge is -2.24. The van der Waals surface area contributed by atoms with E-state index >= 15 is 0 Å². The number of fused-ring (bicyclic) bond motifs is 1. The van der Waals surface area contributed by atoms with Gasteiger partial charge in [-0.15, -0.1) is 0 Å². The highest BCUT2D eigenvalue weighted by molar-refractivity contribution is 5.94. The van der Waals surface area contributed by atoms with Crippen molar-refractivity contribution in [1.82, 2.24) is 45.5 Å². The number of H-pyrrole nitrogens is 1. The van der Waals surface area contributed by atoms with E-state index in [0.717, 1.165) is 82.0 Å². The van der Waals surface area contributed by atoms with Crippen LogP contribution in [0.2, 0.25) is 0 Å². The SMILES string of the molecule is Cc1cc(-c2ncnc3[nH]c(-c4c(C)nn(C5CCNCC5)c4C)cc23)ccc1[C@@H](C)NC(=O)c1nc(C(C)(C)C)no1. The highest BCUT2D eigenvalue weighted by Crippen LogP contribution is 2.35. The Labute approximate surface area is 250 Å². The van der Waals surface area contributed by atoms with Gasteiger partial charge in [-0.2, -0.15) is 10.1 Å². The third-order valence-corrected chi connectivity index (χ3v) is 8.32. The number of benzene rings is 1. The Bertz CT molecular complexity index is 1800. The van der Waals surface area contributed by atoms with Crippen molar-refractivity contribution >= 4 is 16.9 Å². The van der Waals surface area contributed by atoms with Crippen molar-refractivity contribution in [1.29, 1.82) is 0 Å². The lowest BCUT2D eigenvalue weighted by atomic mass is 9.96. The lowest BCUT2D eigenvalue weighted by Crippen LogP contribution is -2.30. The fraction of sp³-hybridized carbons (Fsp3) is 0.438. The lowest BCUT2D eigenvalue weighted by molar-refractivity contribution is 0.0895. The van der Waals surface area contributed by atoms with E-state index in [-0.39, 0.29) is 17.3 Å². The number of aromatic nitrogens is 7. The number of rotatable bonds is 6. The summed E-state index contributed by atoms with van der Waals surface area (Å²) < 4.78 is 7.42. The molecule has 1 aromatic carbocycles. The Balaban J connectivity index is 1.26. The van der Waals surface area contributed by atoms with Crippen LogP contribution in [0.5, 0.6) is 0 Å². The smallest absolute Gasteiger partial charge is 0.315 e. The molecule has 5 aromatic rings. The molecule has 1 amide bonds. The van der Waals surface area contributed by atoms with Crippen molar-refractivity contribution in [2.75, 3.05) is 13.1 Å². The Kier molecular flexibility index (Phi) is 7.37. The fourth-order valence-corrected chi connectivity index (χ4v) is 6.03. The van der Waals surface area contributed by atoms with Gasteiger partial charge in [0.1, 0.15) is 12.0 Å². The molecule has 6 rings (SSSR count). The predicted octanol–water partition coefficient (Wildman–Crippen LogP) is 5.51. The third-order valence-electron chi connectivity index (χ3n) is 8.32. The van der Waals surface area contributed by atoms with Crippen molar-refractivity contribution < 1.29 is 9.32 Å². The van der Waals surface area contributed by atoms with Crippen LogP contribution in [0, 0.1) is 20.8 Å². The second-order valence-electron chi connectivity index (χ2n) is 12.6. The number of nitrogens with one attached hydrogen (secondary N) is 3. The third kappa shape index (κ3) is 5.45. The van der Waals surface area contributed by atoms with Crippen LogP contribution in [0.4, 0.5) is 0 Å². The first-order valence-electron chi connectivity index (χ1n) is 14.9. The molecular formula is C32H39N9O2. The Morgan fingerprint density at radius 2 is 1.88 bits per heavy atom. The van der Waals surface area contributed by atoms with E-state index in [1.165, 1.54) is 0 Å². The Hall–Kier alpha value is -4.38. The number of hydrogen-bond donors (Lipinski definition) is 3. The predicted molar refractivity (Wildman–Crippen MR) is 165 cm³/mol. The molecule has 11 nitrogen and oxygen atoms in total. The molecule has 43 heavy (non-hydrogen) atoms. The number of carbonyl (C=O) groups excluding carboxylic acids is 1. The van der Waals surface area contributed by atoms with Gasteiger partial charge in [0.05, 0.1) is 29.2 Å². The maximum atomic E-state index is 12.8. The van der Waals surface area contributed by atoms with Crippen LogP contribution in [-0.2, 0) is 5.41 Å². The van der Waals surface area contributed by atoms with Crippen molar-refractivity contribution in [3.8, 4) is 22.5 Å². The average Bonchev–Trinajstić information content (AvgIpc) is 3.70. The Morgan fingerprint density at radius 1 is 1.12 bits per heavy atom. The second-order valence-corrected chi connectivity index (χ2v) is 12.6. The highest BCUT2D eigenvalue weighted by atomic mass is 16.5. The molecule has 0 radical (unpaired) electrons. The van der Waals surface area contributed by atoms with Gasteiger partial charge in [0, 0.05) is 27.6 Å². The van der Waals surface area contributed by atoms with Crippen LogP contribution >= 0.6 is 0 Å². The minimum absolute atomic E-state index is 0.0375. The minimum Gasteiger partial charge on any atom is -0.341 e. The molecule has 0 aliphatic carbocycles. The van der Waals surface area contributed by atoms with Crippen LogP contribution in [0.25, 0.3) is 33.5 Å². The van der Waals surface area contributed by atoms with E-state index in [1.807, 2.05) is 46.8 Å². The number of nitrogens with zero attached hydrogens (tertiary/aromatic N) is 6. The molecule has 1 aliphatic heterocycles. The molecule has 0 bridgehead atoms. The number of piperidine rings is 1. The van der Waals surface area contributed by atoms with Crippen LogP contribution in [0.1, 0.15) is 91.6 Å². The van der Waals surface area contributed by atoms with Crippen molar-refractivity contribution in [2.45, 2.75) is 78.8 Å². The summed E-state index contributed by atoms with van der Waals surface area (Å²) in [6.45, 7) is 16.2. The van der Waals surface area contributed by atoms with Gasteiger partial charge in [0.2, 0.25) is 0 Å². The summed E-state index contributed by atoms with van der Waals surface area (Å²) >= 11 is 0. The quantitative estimate of drug-likeness (QED) is 0.239. The average molecular weight is 582 g/mol. The van der Waals surface area contributed by atoms with Gasteiger partial charge >= 0.3 is 11.8 Å². The van der Waals surface area contributed by atoms with Gasteiger partial charge < -0.3 is 20.1 Å². The molecule has 1 saturated heterocycles. The number of aryl methyl sites for hydroxylation is 2. The first-order chi connectivity index (χ1) is 20.5. The van der Waals surface area contributed by atoms with E-state index in [9.17, 15) is 4.79 Å². The standard InChI is InChI=1S/C32H39N9O2/c1-17-14-21(8-9-23(17)18(2)36-29(42)30-38-31(40-43-30)32(5,6)7)27-24-15-25(37-28(24)35-16-34-27)26-19(3)39-41(20(26)4)22-10-12-33-13-11-22/h8-9,14-16,18,22,33H,10-13H2,1-7H3,(H,36,42)(H,34,35,37)/t18-/m1/s1. The van der Waals surface area contributed by atoms with Gasteiger partial charge in [0.15, 0.2) is 5.82 Å². The first kappa shape index (κ1) is 28.7. The van der Waals surface area contributed by atoms with Crippen LogP contribution in [-0.4, -0.2) is 53.9 Å². The van der Waals surface area contributed by atoms with Gasteiger partial charge in [-0.1, -0.05) is 38.1 Å². The van der Waals surface area contributed by atoms with Crippen molar-refractivity contribution in [3.05, 3.63) is 64.8 Å². The summed E-state index contributed by atoms with van der Waals surface area (Å²) in [6, 6.07) is 8.45. The number of amides is 1.